The van der Waals surface area contributed by atoms with E-state index < -0.39 is 35.9 Å². The molecule has 0 aromatic heterocycles. The van der Waals surface area contributed by atoms with E-state index in [4.69, 9.17) is 27.9 Å². The Morgan fingerprint density at radius 3 is 2.48 bits per heavy atom. The second-order valence-electron chi connectivity index (χ2n) is 4.95. The van der Waals surface area contributed by atoms with Crippen LogP contribution in [0.4, 0.5) is 5.69 Å². The number of carbonyl (C=O) groups excluding carboxylic acids is 1. The Kier molecular flexibility index (Phi) is 3.65. The molecule has 2 aliphatic rings. The lowest BCUT2D eigenvalue weighted by Gasteiger charge is -2.21. The Hall–Kier alpha value is -1.56. The molecule has 2 heterocycles. The van der Waals surface area contributed by atoms with E-state index in [9.17, 15) is 14.7 Å². The van der Waals surface area contributed by atoms with Gasteiger partial charge in [-0.2, -0.15) is 0 Å². The van der Waals surface area contributed by atoms with Crippen molar-refractivity contribution in [3.05, 3.63) is 40.4 Å². The molecule has 5 nitrogen and oxygen atoms in total. The van der Waals surface area contributed by atoms with E-state index in [-0.39, 0.29) is 0 Å². The highest BCUT2D eigenvalue weighted by Gasteiger charge is 2.53. The van der Waals surface area contributed by atoms with Crippen molar-refractivity contribution in [1.82, 2.24) is 0 Å². The molecule has 0 spiro atoms. The number of carboxylic acid groups (broad SMARTS) is 1. The van der Waals surface area contributed by atoms with E-state index in [1.165, 1.54) is 6.07 Å². The van der Waals surface area contributed by atoms with Crippen LogP contribution in [0.25, 0.3) is 0 Å². The first-order valence-corrected chi connectivity index (χ1v) is 7.05. The molecule has 1 saturated heterocycles. The molecule has 2 bridgehead atoms. The Bertz CT molecular complexity index is 646. The van der Waals surface area contributed by atoms with Gasteiger partial charge in [0.05, 0.1) is 28.8 Å². The molecule has 1 fully saturated rings. The van der Waals surface area contributed by atoms with Crippen molar-refractivity contribution in [3.63, 3.8) is 0 Å². The zero-order chi connectivity index (χ0) is 15.1. The maximum absolute atomic E-state index is 12.4. The van der Waals surface area contributed by atoms with Crippen LogP contribution in [0.1, 0.15) is 0 Å². The average molecular weight is 328 g/mol. The predicted molar refractivity (Wildman–Crippen MR) is 77.5 cm³/mol. The smallest absolute Gasteiger partial charge is 0.310 e. The third kappa shape index (κ3) is 2.52. The molecule has 2 N–H and O–H groups in total. The van der Waals surface area contributed by atoms with Crippen LogP contribution < -0.4 is 5.32 Å². The Morgan fingerprint density at radius 2 is 1.81 bits per heavy atom. The molecule has 110 valence electrons. The van der Waals surface area contributed by atoms with Crippen LogP contribution >= 0.6 is 23.2 Å². The van der Waals surface area contributed by atoms with Gasteiger partial charge in [0.1, 0.15) is 5.92 Å². The first kappa shape index (κ1) is 14.4. The molecule has 21 heavy (non-hydrogen) atoms. The van der Waals surface area contributed by atoms with Gasteiger partial charge in [0.15, 0.2) is 0 Å². The number of hydrogen-bond acceptors (Lipinski definition) is 3. The minimum atomic E-state index is -1.05. The normalized spacial score (nSPS) is 29.6. The molecule has 0 saturated carbocycles. The van der Waals surface area contributed by atoms with E-state index in [0.717, 1.165) is 0 Å². The van der Waals surface area contributed by atoms with Crippen molar-refractivity contribution < 1.29 is 19.4 Å². The lowest BCUT2D eigenvalue weighted by atomic mass is 9.82. The first-order chi connectivity index (χ1) is 9.97. The Balaban J connectivity index is 1.83. The van der Waals surface area contributed by atoms with Crippen LogP contribution in [-0.2, 0) is 14.3 Å². The molecular formula is C14H11Cl2NO4. The van der Waals surface area contributed by atoms with E-state index >= 15 is 0 Å². The largest absolute Gasteiger partial charge is 0.481 e. The summed E-state index contributed by atoms with van der Waals surface area (Å²) in [6.07, 6.45) is 2.32. The number of halogens is 2. The average Bonchev–Trinajstić information content (AvgIpc) is 3.03. The molecule has 2 aliphatic heterocycles. The van der Waals surface area contributed by atoms with E-state index in [1.807, 2.05) is 0 Å². The van der Waals surface area contributed by atoms with Crippen molar-refractivity contribution in [3.8, 4) is 0 Å². The van der Waals surface area contributed by atoms with Crippen molar-refractivity contribution >= 4 is 40.8 Å². The van der Waals surface area contributed by atoms with Crippen LogP contribution in [0.15, 0.2) is 30.4 Å². The lowest BCUT2D eigenvalue weighted by molar-refractivity contribution is -0.145. The summed E-state index contributed by atoms with van der Waals surface area (Å²) in [5.41, 5.74) is 0.352. The third-order valence-corrected chi connectivity index (χ3v) is 4.24. The van der Waals surface area contributed by atoms with Gasteiger partial charge in [-0.05, 0) is 18.2 Å². The second kappa shape index (κ2) is 5.33. The number of amides is 1. The molecule has 0 aliphatic carbocycles. The van der Waals surface area contributed by atoms with E-state index in [1.54, 1.807) is 24.3 Å². The van der Waals surface area contributed by atoms with Crippen molar-refractivity contribution in [2.75, 3.05) is 5.32 Å². The Morgan fingerprint density at radius 1 is 1.14 bits per heavy atom. The van der Waals surface area contributed by atoms with Crippen LogP contribution in [0, 0.1) is 11.8 Å². The maximum atomic E-state index is 12.4. The minimum Gasteiger partial charge on any atom is -0.481 e. The van der Waals surface area contributed by atoms with Crippen LogP contribution in [0.5, 0.6) is 0 Å². The number of rotatable bonds is 3. The number of aliphatic carboxylic acids is 1. The summed E-state index contributed by atoms with van der Waals surface area (Å²) in [6, 6.07) is 4.68. The molecule has 1 amide bonds. The van der Waals surface area contributed by atoms with Crippen LogP contribution in [0.3, 0.4) is 0 Å². The number of nitrogens with one attached hydrogen (secondary N) is 1. The summed E-state index contributed by atoms with van der Waals surface area (Å²) in [7, 11) is 0. The number of anilines is 1. The number of carbonyl (C=O) groups is 2. The standard InChI is InChI=1S/C14H11Cl2NO4/c15-6-1-2-7(16)8(5-6)17-13(18)11-9-3-4-10(21-9)12(11)14(19)20/h1-5,9-12H,(H,17,18)(H,19,20). The third-order valence-electron chi connectivity index (χ3n) is 3.67. The highest BCUT2D eigenvalue weighted by atomic mass is 35.5. The van der Waals surface area contributed by atoms with Crippen LogP contribution in [0.2, 0.25) is 10.0 Å². The number of hydrogen-bond donors (Lipinski definition) is 2. The van der Waals surface area contributed by atoms with Gasteiger partial charge in [-0.1, -0.05) is 35.4 Å². The molecular weight excluding hydrogens is 317 g/mol. The molecule has 4 unspecified atom stereocenters. The van der Waals surface area contributed by atoms with Crippen LogP contribution in [-0.4, -0.2) is 29.2 Å². The predicted octanol–water partition coefficient (Wildman–Crippen LogP) is 2.59. The van der Waals surface area contributed by atoms with E-state index in [2.05, 4.69) is 5.32 Å². The first-order valence-electron chi connectivity index (χ1n) is 6.30. The molecule has 0 radical (unpaired) electrons. The van der Waals surface area contributed by atoms with Gasteiger partial charge in [0.25, 0.3) is 0 Å². The number of benzene rings is 1. The molecule has 4 atom stereocenters. The lowest BCUT2D eigenvalue weighted by Crippen LogP contribution is -2.39. The molecule has 1 aromatic rings. The Labute approximate surface area is 130 Å². The minimum absolute atomic E-state index is 0.333. The fraction of sp³-hybridized carbons (Fsp3) is 0.286. The number of ether oxygens (including phenoxy) is 1. The zero-order valence-electron chi connectivity index (χ0n) is 10.6. The SMILES string of the molecule is O=C(O)C1C2C=CC(O2)C1C(=O)Nc1cc(Cl)ccc1Cl. The summed E-state index contributed by atoms with van der Waals surface area (Å²) >= 11 is 11.9. The monoisotopic (exact) mass is 327 g/mol. The summed E-state index contributed by atoms with van der Waals surface area (Å²) in [5, 5.41) is 12.7. The van der Waals surface area contributed by atoms with Gasteiger partial charge in [0, 0.05) is 5.02 Å². The highest BCUT2D eigenvalue weighted by Crippen LogP contribution is 2.40. The summed E-state index contributed by atoms with van der Waals surface area (Å²) in [6.45, 7) is 0. The van der Waals surface area contributed by atoms with E-state index in [0.29, 0.717) is 15.7 Å². The van der Waals surface area contributed by atoms with Gasteiger partial charge < -0.3 is 15.2 Å². The quantitative estimate of drug-likeness (QED) is 0.836. The molecule has 1 aromatic carbocycles. The van der Waals surface area contributed by atoms with Crippen molar-refractivity contribution in [2.24, 2.45) is 11.8 Å². The van der Waals surface area contributed by atoms with Gasteiger partial charge in [-0.3, -0.25) is 9.59 Å². The van der Waals surface area contributed by atoms with Gasteiger partial charge in [-0.15, -0.1) is 0 Å². The summed E-state index contributed by atoms with van der Waals surface area (Å²) in [5.74, 6) is -3.17. The van der Waals surface area contributed by atoms with Gasteiger partial charge in [0.2, 0.25) is 5.91 Å². The molecule has 3 rings (SSSR count). The maximum Gasteiger partial charge on any atom is 0.310 e. The highest BCUT2D eigenvalue weighted by molar-refractivity contribution is 6.35. The summed E-state index contributed by atoms with van der Waals surface area (Å²) < 4.78 is 5.46. The second-order valence-corrected chi connectivity index (χ2v) is 5.80. The summed E-state index contributed by atoms with van der Waals surface area (Å²) in [4.78, 5) is 23.7. The van der Waals surface area contributed by atoms with Crippen molar-refractivity contribution in [2.45, 2.75) is 12.2 Å². The fourth-order valence-electron chi connectivity index (χ4n) is 2.72. The van der Waals surface area contributed by atoms with Gasteiger partial charge >= 0.3 is 5.97 Å². The van der Waals surface area contributed by atoms with Crippen molar-refractivity contribution in [1.29, 1.82) is 0 Å². The zero-order valence-corrected chi connectivity index (χ0v) is 12.1. The topological polar surface area (TPSA) is 75.6 Å². The number of fused-ring (bicyclic) bond motifs is 2. The molecule has 7 heteroatoms. The fourth-order valence-corrected chi connectivity index (χ4v) is 3.06. The number of carboxylic acids is 1. The van der Waals surface area contributed by atoms with Gasteiger partial charge in [-0.25, -0.2) is 0 Å².